The molecule has 6 heterocycles. The topological polar surface area (TPSA) is 98.9 Å². The van der Waals surface area contributed by atoms with Crippen molar-refractivity contribution in [1.29, 1.82) is 0 Å². The van der Waals surface area contributed by atoms with Gasteiger partial charge in [0, 0.05) is 39.1 Å². The van der Waals surface area contributed by atoms with E-state index in [0.29, 0.717) is 0 Å². The van der Waals surface area contributed by atoms with Gasteiger partial charge in [-0.15, -0.1) is 11.3 Å². The lowest BCUT2D eigenvalue weighted by Gasteiger charge is -1.98. The number of rotatable bonds is 3. The molecule has 0 atom stereocenters. The number of H-pyrrole nitrogens is 3. The molecular formula is C21H15N7S. The molecule has 0 saturated carbocycles. The molecule has 8 heteroatoms. The fraction of sp³-hybridized carbons (Fsp3) is 0.0476. The van der Waals surface area contributed by atoms with E-state index >= 15 is 0 Å². The van der Waals surface area contributed by atoms with Crippen molar-refractivity contribution in [2.75, 3.05) is 0 Å². The van der Waals surface area contributed by atoms with E-state index in [4.69, 9.17) is 0 Å². The molecule has 0 aliphatic rings. The first-order chi connectivity index (χ1) is 14.3. The van der Waals surface area contributed by atoms with Crippen LogP contribution in [0, 0.1) is 6.92 Å². The number of hydrogen-bond acceptors (Lipinski definition) is 5. The summed E-state index contributed by atoms with van der Waals surface area (Å²) < 4.78 is 0. The number of aryl methyl sites for hydroxylation is 1. The van der Waals surface area contributed by atoms with E-state index in [9.17, 15) is 0 Å². The van der Waals surface area contributed by atoms with Crippen LogP contribution in [0.1, 0.15) is 4.88 Å². The third kappa shape index (κ3) is 2.57. The van der Waals surface area contributed by atoms with Crippen molar-refractivity contribution in [3.63, 3.8) is 0 Å². The summed E-state index contributed by atoms with van der Waals surface area (Å²) in [7, 11) is 0. The summed E-state index contributed by atoms with van der Waals surface area (Å²) in [5.41, 5.74) is 6.50. The molecule has 6 rings (SSSR count). The maximum atomic E-state index is 4.64. The maximum Gasteiger partial charge on any atom is 0.116 e. The number of hydrogen-bond donors (Lipinski definition) is 3. The molecule has 0 spiro atoms. The van der Waals surface area contributed by atoms with E-state index < -0.39 is 0 Å². The molecule has 0 unspecified atom stereocenters. The van der Waals surface area contributed by atoms with Crippen molar-refractivity contribution >= 4 is 33.1 Å². The highest BCUT2D eigenvalue weighted by molar-refractivity contribution is 7.15. The molecule has 7 nitrogen and oxygen atoms in total. The number of pyridine rings is 2. The van der Waals surface area contributed by atoms with Gasteiger partial charge in [0.15, 0.2) is 0 Å². The van der Waals surface area contributed by atoms with Crippen LogP contribution in [0.4, 0.5) is 0 Å². The van der Waals surface area contributed by atoms with Crippen molar-refractivity contribution in [1.82, 2.24) is 35.3 Å². The molecule has 6 aromatic rings. The van der Waals surface area contributed by atoms with Gasteiger partial charge in [-0.2, -0.15) is 10.2 Å². The van der Waals surface area contributed by atoms with Crippen LogP contribution < -0.4 is 0 Å². The van der Waals surface area contributed by atoms with Gasteiger partial charge in [0.05, 0.1) is 39.9 Å². The average molecular weight is 397 g/mol. The first-order valence-corrected chi connectivity index (χ1v) is 9.96. The molecular weight excluding hydrogens is 382 g/mol. The minimum absolute atomic E-state index is 0.849. The van der Waals surface area contributed by atoms with Crippen LogP contribution in [0.15, 0.2) is 55.1 Å². The number of aromatic amines is 3. The van der Waals surface area contributed by atoms with Crippen molar-refractivity contribution < 1.29 is 0 Å². The van der Waals surface area contributed by atoms with Crippen LogP contribution in [0.5, 0.6) is 0 Å². The molecule has 6 aromatic heterocycles. The Kier molecular flexibility index (Phi) is 3.41. The zero-order valence-electron chi connectivity index (χ0n) is 15.4. The van der Waals surface area contributed by atoms with Crippen molar-refractivity contribution in [3.8, 4) is 33.2 Å². The summed E-state index contributed by atoms with van der Waals surface area (Å²) in [5.74, 6) is 0. The molecule has 0 radical (unpaired) electrons. The third-order valence-corrected chi connectivity index (χ3v) is 6.03. The van der Waals surface area contributed by atoms with Gasteiger partial charge in [-0.05, 0) is 37.3 Å². The molecule has 0 aliphatic carbocycles. The van der Waals surface area contributed by atoms with Gasteiger partial charge in [0.1, 0.15) is 5.69 Å². The Labute approximate surface area is 168 Å². The molecule has 3 N–H and O–H groups in total. The lowest BCUT2D eigenvalue weighted by Crippen LogP contribution is -1.82. The van der Waals surface area contributed by atoms with Crippen molar-refractivity contribution in [2.24, 2.45) is 0 Å². The Bertz CT molecular complexity index is 1470. The Morgan fingerprint density at radius 1 is 0.931 bits per heavy atom. The minimum atomic E-state index is 0.849. The number of thiophene rings is 1. The van der Waals surface area contributed by atoms with Gasteiger partial charge in [-0.1, -0.05) is 0 Å². The van der Waals surface area contributed by atoms with Crippen LogP contribution in [0.25, 0.3) is 55.0 Å². The van der Waals surface area contributed by atoms with Gasteiger partial charge in [-0.3, -0.25) is 20.2 Å². The smallest absolute Gasteiger partial charge is 0.116 e. The summed E-state index contributed by atoms with van der Waals surface area (Å²) >= 11 is 1.75. The zero-order chi connectivity index (χ0) is 19.4. The van der Waals surface area contributed by atoms with Crippen LogP contribution >= 0.6 is 11.3 Å². The molecule has 0 saturated heterocycles. The van der Waals surface area contributed by atoms with Crippen LogP contribution in [-0.4, -0.2) is 35.3 Å². The molecule has 0 bridgehead atoms. The van der Waals surface area contributed by atoms with E-state index in [1.165, 1.54) is 4.88 Å². The zero-order valence-corrected chi connectivity index (χ0v) is 16.2. The molecule has 140 valence electrons. The average Bonchev–Trinajstić information content (AvgIpc) is 3.51. The highest BCUT2D eigenvalue weighted by Crippen LogP contribution is 2.35. The first kappa shape index (κ1) is 16.2. The van der Waals surface area contributed by atoms with E-state index in [1.807, 2.05) is 24.5 Å². The standard InChI is InChI=1S/C21H15N7S/c1-11-2-3-19(29-11)21-13-7-17(26-15(13)4-5-22-21)20-14-6-16(12-8-24-25-9-12)23-10-18(14)27-28-20/h2-10,26H,1H3,(H,24,25)(H,27,28). The number of nitrogens with zero attached hydrogens (tertiary/aromatic N) is 4. The van der Waals surface area contributed by atoms with Crippen LogP contribution in [0.3, 0.4) is 0 Å². The van der Waals surface area contributed by atoms with Gasteiger partial charge in [-0.25, -0.2) is 0 Å². The Balaban J connectivity index is 1.53. The summed E-state index contributed by atoms with van der Waals surface area (Å²) in [4.78, 5) is 15.1. The largest absolute Gasteiger partial charge is 0.353 e. The number of nitrogens with one attached hydrogen (secondary N) is 3. The minimum Gasteiger partial charge on any atom is -0.353 e. The molecule has 0 aliphatic heterocycles. The Morgan fingerprint density at radius 3 is 2.69 bits per heavy atom. The SMILES string of the molecule is Cc1ccc(-c2nccc3[nH]c(-c4n[nH]c5cnc(-c6cn[nH]c6)cc45)cc23)s1. The molecule has 0 amide bonds. The van der Waals surface area contributed by atoms with E-state index in [2.05, 4.69) is 60.5 Å². The van der Waals surface area contributed by atoms with Crippen LogP contribution in [0.2, 0.25) is 0 Å². The van der Waals surface area contributed by atoms with Crippen molar-refractivity contribution in [3.05, 3.63) is 60.0 Å². The second-order valence-electron chi connectivity index (χ2n) is 6.89. The lowest BCUT2D eigenvalue weighted by molar-refractivity contribution is 1.09. The van der Waals surface area contributed by atoms with E-state index in [1.54, 1.807) is 23.7 Å². The monoisotopic (exact) mass is 397 g/mol. The third-order valence-electron chi connectivity index (χ3n) is 5.02. The van der Waals surface area contributed by atoms with Gasteiger partial charge < -0.3 is 4.98 Å². The summed E-state index contributed by atoms with van der Waals surface area (Å²) in [5, 5.41) is 16.6. The highest BCUT2D eigenvalue weighted by atomic mass is 32.1. The predicted octanol–water partition coefficient (Wildman–Crippen LogP) is 4.93. The fourth-order valence-corrected chi connectivity index (χ4v) is 4.49. The van der Waals surface area contributed by atoms with Gasteiger partial charge >= 0.3 is 0 Å². The summed E-state index contributed by atoms with van der Waals surface area (Å²) in [6.07, 6.45) is 7.24. The Hall–Kier alpha value is -3.78. The predicted molar refractivity (Wildman–Crippen MR) is 115 cm³/mol. The summed E-state index contributed by atoms with van der Waals surface area (Å²) in [6.45, 7) is 2.11. The van der Waals surface area contributed by atoms with E-state index in [0.717, 1.165) is 55.0 Å². The second kappa shape index (κ2) is 6.11. The first-order valence-electron chi connectivity index (χ1n) is 9.14. The molecule has 0 aromatic carbocycles. The van der Waals surface area contributed by atoms with Gasteiger partial charge in [0.2, 0.25) is 0 Å². The van der Waals surface area contributed by atoms with Crippen LogP contribution in [-0.2, 0) is 0 Å². The number of aromatic nitrogens is 7. The van der Waals surface area contributed by atoms with E-state index in [-0.39, 0.29) is 0 Å². The lowest BCUT2D eigenvalue weighted by atomic mass is 10.1. The normalized spacial score (nSPS) is 11.6. The van der Waals surface area contributed by atoms with Gasteiger partial charge in [0.25, 0.3) is 0 Å². The Morgan fingerprint density at radius 2 is 1.86 bits per heavy atom. The highest BCUT2D eigenvalue weighted by Gasteiger charge is 2.16. The van der Waals surface area contributed by atoms with Crippen molar-refractivity contribution in [2.45, 2.75) is 6.92 Å². The molecule has 29 heavy (non-hydrogen) atoms. The quantitative estimate of drug-likeness (QED) is 0.394. The molecule has 0 fully saturated rings. The number of fused-ring (bicyclic) bond motifs is 2. The second-order valence-corrected chi connectivity index (χ2v) is 8.18. The maximum absolute atomic E-state index is 4.64. The summed E-state index contributed by atoms with van der Waals surface area (Å²) in [6, 6.07) is 10.4. The fourth-order valence-electron chi connectivity index (χ4n) is 3.61.